The lowest BCUT2D eigenvalue weighted by molar-refractivity contribution is -0.126. The van der Waals surface area contributed by atoms with Crippen LogP contribution in [0.5, 0.6) is 11.5 Å². The summed E-state index contributed by atoms with van der Waals surface area (Å²) in [5.41, 5.74) is 2.34. The molecule has 6 heteroatoms. The van der Waals surface area contributed by atoms with E-state index in [1.165, 1.54) is 0 Å². The third-order valence-corrected chi connectivity index (χ3v) is 4.39. The van der Waals surface area contributed by atoms with Crippen molar-refractivity contribution < 1.29 is 23.8 Å². The standard InChI is InChI=1S/C19H17NO5/c1-12(18(21)20-9-8-13-4-2-3-5-15(13)20)25-19(22)14-6-7-16-17(10-14)24-11-23-16/h2-7,10,12H,8-9,11H2,1H3. The number of carbonyl (C=O) groups excluding carboxylic acids is 2. The van der Waals surface area contributed by atoms with Crippen molar-refractivity contribution in [3.63, 3.8) is 0 Å². The van der Waals surface area contributed by atoms with Crippen LogP contribution in [0, 0.1) is 0 Å². The highest BCUT2D eigenvalue weighted by Crippen LogP contribution is 2.33. The Labute approximate surface area is 144 Å². The van der Waals surface area contributed by atoms with Crippen molar-refractivity contribution >= 4 is 17.6 Å². The third-order valence-electron chi connectivity index (χ3n) is 4.39. The maximum absolute atomic E-state index is 12.7. The molecule has 0 bridgehead atoms. The lowest BCUT2D eigenvalue weighted by atomic mass is 10.2. The largest absolute Gasteiger partial charge is 0.454 e. The predicted molar refractivity (Wildman–Crippen MR) is 89.9 cm³/mol. The second-order valence-corrected chi connectivity index (χ2v) is 5.98. The molecule has 1 atom stereocenters. The minimum atomic E-state index is -0.871. The summed E-state index contributed by atoms with van der Waals surface area (Å²) in [4.78, 5) is 26.7. The summed E-state index contributed by atoms with van der Waals surface area (Å²) in [7, 11) is 0. The third kappa shape index (κ3) is 2.80. The molecule has 6 nitrogen and oxygen atoms in total. The van der Waals surface area contributed by atoms with E-state index in [4.69, 9.17) is 14.2 Å². The van der Waals surface area contributed by atoms with Crippen molar-refractivity contribution in [2.75, 3.05) is 18.2 Å². The maximum atomic E-state index is 12.7. The van der Waals surface area contributed by atoms with Gasteiger partial charge >= 0.3 is 5.97 Å². The highest BCUT2D eigenvalue weighted by atomic mass is 16.7. The second kappa shape index (κ2) is 6.12. The lowest BCUT2D eigenvalue weighted by Gasteiger charge is -2.21. The van der Waals surface area contributed by atoms with E-state index in [1.807, 2.05) is 24.3 Å². The van der Waals surface area contributed by atoms with Gasteiger partial charge in [0.05, 0.1) is 5.56 Å². The first kappa shape index (κ1) is 15.5. The van der Waals surface area contributed by atoms with Crippen molar-refractivity contribution in [3.05, 3.63) is 53.6 Å². The number of rotatable bonds is 3. The molecule has 0 radical (unpaired) electrons. The van der Waals surface area contributed by atoms with Crippen LogP contribution in [0.2, 0.25) is 0 Å². The topological polar surface area (TPSA) is 65.1 Å². The van der Waals surface area contributed by atoms with Gasteiger partial charge in [-0.3, -0.25) is 4.79 Å². The van der Waals surface area contributed by atoms with E-state index in [-0.39, 0.29) is 12.7 Å². The Bertz CT molecular complexity index is 847. The van der Waals surface area contributed by atoms with Gasteiger partial charge < -0.3 is 19.1 Å². The molecule has 1 amide bonds. The molecule has 2 aliphatic rings. The van der Waals surface area contributed by atoms with Crippen molar-refractivity contribution in [3.8, 4) is 11.5 Å². The SMILES string of the molecule is CC(OC(=O)c1ccc2c(c1)OCO2)C(=O)N1CCc2ccccc21. The Hall–Kier alpha value is -3.02. The average molecular weight is 339 g/mol. The van der Waals surface area contributed by atoms with Gasteiger partial charge in [0, 0.05) is 12.2 Å². The fourth-order valence-corrected chi connectivity index (χ4v) is 3.09. The summed E-state index contributed by atoms with van der Waals surface area (Å²) >= 11 is 0. The summed E-state index contributed by atoms with van der Waals surface area (Å²) in [6.45, 7) is 2.33. The molecule has 0 aliphatic carbocycles. The molecule has 0 saturated heterocycles. The first-order valence-corrected chi connectivity index (χ1v) is 8.13. The molecule has 0 fully saturated rings. The van der Waals surface area contributed by atoms with E-state index in [9.17, 15) is 9.59 Å². The van der Waals surface area contributed by atoms with Gasteiger partial charge in [-0.15, -0.1) is 0 Å². The number of nitrogens with zero attached hydrogens (tertiary/aromatic N) is 1. The lowest BCUT2D eigenvalue weighted by Crippen LogP contribution is -2.39. The van der Waals surface area contributed by atoms with Crippen LogP contribution in [0.1, 0.15) is 22.8 Å². The normalized spacial score (nSPS) is 15.6. The van der Waals surface area contributed by atoms with E-state index in [1.54, 1.807) is 30.0 Å². The molecule has 128 valence electrons. The average Bonchev–Trinajstić information content (AvgIpc) is 3.26. The summed E-state index contributed by atoms with van der Waals surface area (Å²) < 4.78 is 15.8. The molecule has 0 saturated carbocycles. The van der Waals surface area contributed by atoms with Gasteiger partial charge in [-0.05, 0) is 43.2 Å². The summed E-state index contributed by atoms with van der Waals surface area (Å²) in [5.74, 6) is 0.307. The fourth-order valence-electron chi connectivity index (χ4n) is 3.09. The summed E-state index contributed by atoms with van der Waals surface area (Å²) in [6, 6.07) is 12.6. The first-order valence-electron chi connectivity index (χ1n) is 8.13. The number of fused-ring (bicyclic) bond motifs is 2. The van der Waals surface area contributed by atoms with Crippen LogP contribution in [0.15, 0.2) is 42.5 Å². The van der Waals surface area contributed by atoms with Crippen LogP contribution < -0.4 is 14.4 Å². The molecule has 2 aliphatic heterocycles. The monoisotopic (exact) mass is 339 g/mol. The van der Waals surface area contributed by atoms with E-state index < -0.39 is 12.1 Å². The van der Waals surface area contributed by atoms with Gasteiger partial charge in [0.1, 0.15) is 0 Å². The van der Waals surface area contributed by atoms with Crippen molar-refractivity contribution in [1.29, 1.82) is 0 Å². The van der Waals surface area contributed by atoms with Crippen molar-refractivity contribution in [2.24, 2.45) is 0 Å². The molecule has 25 heavy (non-hydrogen) atoms. The first-order chi connectivity index (χ1) is 12.1. The molecule has 0 N–H and O–H groups in total. The number of amides is 1. The van der Waals surface area contributed by atoms with E-state index in [0.29, 0.717) is 23.6 Å². The number of para-hydroxylation sites is 1. The zero-order valence-electron chi connectivity index (χ0n) is 13.7. The molecule has 0 spiro atoms. The Kier molecular flexibility index (Phi) is 3.80. The smallest absolute Gasteiger partial charge is 0.339 e. The molecule has 2 aromatic rings. The van der Waals surface area contributed by atoms with E-state index in [0.717, 1.165) is 17.7 Å². The van der Waals surface area contributed by atoms with E-state index >= 15 is 0 Å². The van der Waals surface area contributed by atoms with Crippen LogP contribution in [-0.4, -0.2) is 31.3 Å². The number of carbonyl (C=O) groups is 2. The molecule has 4 rings (SSSR count). The van der Waals surface area contributed by atoms with Crippen LogP contribution in [-0.2, 0) is 16.0 Å². The number of anilines is 1. The number of benzene rings is 2. The maximum Gasteiger partial charge on any atom is 0.339 e. The predicted octanol–water partition coefficient (Wildman–Crippen LogP) is 2.55. The van der Waals surface area contributed by atoms with Gasteiger partial charge in [-0.25, -0.2) is 4.79 Å². The van der Waals surface area contributed by atoms with Crippen LogP contribution in [0.3, 0.4) is 0 Å². The molecule has 0 aromatic heterocycles. The summed E-state index contributed by atoms with van der Waals surface area (Å²) in [6.07, 6.45) is -0.0610. The molecule has 1 unspecified atom stereocenters. The number of ether oxygens (including phenoxy) is 3. The minimum absolute atomic E-state index is 0.136. The second-order valence-electron chi connectivity index (χ2n) is 5.98. The number of hydrogen-bond acceptors (Lipinski definition) is 5. The summed E-state index contributed by atoms with van der Waals surface area (Å²) in [5, 5.41) is 0. The van der Waals surface area contributed by atoms with Crippen molar-refractivity contribution in [2.45, 2.75) is 19.4 Å². The highest BCUT2D eigenvalue weighted by molar-refractivity contribution is 6.00. The zero-order valence-corrected chi connectivity index (χ0v) is 13.7. The van der Waals surface area contributed by atoms with E-state index in [2.05, 4.69) is 0 Å². The Balaban J connectivity index is 1.46. The zero-order chi connectivity index (χ0) is 17.4. The van der Waals surface area contributed by atoms with Gasteiger partial charge in [0.25, 0.3) is 5.91 Å². The van der Waals surface area contributed by atoms with Crippen LogP contribution in [0.25, 0.3) is 0 Å². The minimum Gasteiger partial charge on any atom is -0.454 e. The molecular weight excluding hydrogens is 322 g/mol. The Morgan fingerprint density at radius 1 is 1.12 bits per heavy atom. The quantitative estimate of drug-likeness (QED) is 0.804. The number of hydrogen-bond donors (Lipinski definition) is 0. The highest BCUT2D eigenvalue weighted by Gasteiger charge is 2.30. The number of esters is 1. The van der Waals surface area contributed by atoms with Gasteiger partial charge in [-0.2, -0.15) is 0 Å². The van der Waals surface area contributed by atoms with Gasteiger partial charge in [0.2, 0.25) is 6.79 Å². The van der Waals surface area contributed by atoms with Crippen LogP contribution >= 0.6 is 0 Å². The molecule has 2 heterocycles. The molecule has 2 aromatic carbocycles. The molecular formula is C19H17NO5. The van der Waals surface area contributed by atoms with Gasteiger partial charge in [0.15, 0.2) is 17.6 Å². The Morgan fingerprint density at radius 3 is 2.80 bits per heavy atom. The van der Waals surface area contributed by atoms with Gasteiger partial charge in [-0.1, -0.05) is 18.2 Å². The van der Waals surface area contributed by atoms with Crippen molar-refractivity contribution in [1.82, 2.24) is 0 Å². The fraction of sp³-hybridized carbons (Fsp3) is 0.263. The Morgan fingerprint density at radius 2 is 1.92 bits per heavy atom. The van der Waals surface area contributed by atoms with Crippen LogP contribution in [0.4, 0.5) is 5.69 Å².